The van der Waals surface area contributed by atoms with Gasteiger partial charge in [0.25, 0.3) is 0 Å². The van der Waals surface area contributed by atoms with Crippen LogP contribution in [0.5, 0.6) is 5.75 Å². The van der Waals surface area contributed by atoms with E-state index in [4.69, 9.17) is 4.74 Å². The first-order valence-electron chi connectivity index (χ1n) is 8.23. The second kappa shape index (κ2) is 6.58. The van der Waals surface area contributed by atoms with Crippen LogP contribution < -0.4 is 0 Å². The molecule has 2 N–H and O–H groups in total. The molecule has 0 spiro atoms. The van der Waals surface area contributed by atoms with Crippen LogP contribution in [0.1, 0.15) is 45.2 Å². The van der Waals surface area contributed by atoms with Crippen LogP contribution in [0.4, 0.5) is 0 Å². The molecular weight excluding hydrogens is 308 g/mol. The number of nitrogens with zero attached hydrogens (tertiary/aromatic N) is 4. The van der Waals surface area contributed by atoms with Crippen LogP contribution in [-0.2, 0) is 4.74 Å². The molecule has 130 valence electrons. The summed E-state index contributed by atoms with van der Waals surface area (Å²) in [5.74, 6) is 0.357. The van der Waals surface area contributed by atoms with E-state index in [2.05, 4.69) is 15.0 Å². The summed E-state index contributed by atoms with van der Waals surface area (Å²) in [6.07, 6.45) is 3.77. The fraction of sp³-hybridized carbons (Fsp3) is 0.588. The Morgan fingerprint density at radius 2 is 1.92 bits per heavy atom. The average Bonchev–Trinajstić information content (AvgIpc) is 2.52. The summed E-state index contributed by atoms with van der Waals surface area (Å²) < 4.78 is 5.62. The Labute approximate surface area is 141 Å². The van der Waals surface area contributed by atoms with Gasteiger partial charge in [-0.15, -0.1) is 0 Å². The number of aliphatic hydroxyl groups is 1. The van der Waals surface area contributed by atoms with Gasteiger partial charge in [-0.2, -0.15) is 0 Å². The zero-order valence-corrected chi connectivity index (χ0v) is 14.3. The number of fused-ring (bicyclic) bond motifs is 1. The van der Waals surface area contributed by atoms with Gasteiger partial charge in [-0.25, -0.2) is 15.0 Å². The van der Waals surface area contributed by atoms with Gasteiger partial charge in [0, 0.05) is 25.1 Å². The van der Waals surface area contributed by atoms with Gasteiger partial charge in [-0.3, -0.25) is 4.90 Å². The van der Waals surface area contributed by atoms with Crippen molar-refractivity contribution in [2.24, 2.45) is 0 Å². The van der Waals surface area contributed by atoms with E-state index in [1.807, 2.05) is 25.7 Å². The summed E-state index contributed by atoms with van der Waals surface area (Å²) in [6.45, 7) is 7.24. The second-order valence-corrected chi connectivity index (χ2v) is 7.19. The lowest BCUT2D eigenvalue weighted by Gasteiger charge is -2.37. The molecule has 1 aliphatic rings. The summed E-state index contributed by atoms with van der Waals surface area (Å²) in [4.78, 5) is 14.8. The molecule has 3 rings (SSSR count). The maximum atomic E-state index is 10.2. The molecule has 24 heavy (non-hydrogen) atoms. The van der Waals surface area contributed by atoms with Gasteiger partial charge in [0.05, 0.1) is 23.0 Å². The maximum absolute atomic E-state index is 10.2. The lowest BCUT2D eigenvalue weighted by Crippen LogP contribution is -2.45. The van der Waals surface area contributed by atoms with Gasteiger partial charge < -0.3 is 14.9 Å². The number of likely N-dealkylation sites (tertiary alicyclic amines) is 1. The first-order valence-corrected chi connectivity index (χ1v) is 8.23. The Bertz CT molecular complexity index is 709. The molecule has 1 aliphatic heterocycles. The van der Waals surface area contributed by atoms with Crippen molar-refractivity contribution in [3.05, 3.63) is 24.3 Å². The molecule has 0 aliphatic carbocycles. The van der Waals surface area contributed by atoms with Gasteiger partial charge in [-0.05, 0) is 33.6 Å². The highest BCUT2D eigenvalue weighted by molar-refractivity contribution is 5.77. The van der Waals surface area contributed by atoms with Crippen molar-refractivity contribution >= 4 is 11.0 Å². The Morgan fingerprint density at radius 1 is 1.21 bits per heavy atom. The third-order valence-corrected chi connectivity index (χ3v) is 4.18. The Morgan fingerprint density at radius 3 is 2.58 bits per heavy atom. The first kappa shape index (κ1) is 17.0. The van der Waals surface area contributed by atoms with Gasteiger partial charge in [0.2, 0.25) is 6.41 Å². The summed E-state index contributed by atoms with van der Waals surface area (Å²) in [6, 6.07) is 1.60. The van der Waals surface area contributed by atoms with E-state index in [-0.39, 0.29) is 17.3 Å². The van der Waals surface area contributed by atoms with Crippen molar-refractivity contribution in [1.82, 2.24) is 19.9 Å². The molecule has 3 heterocycles. The van der Waals surface area contributed by atoms with Gasteiger partial charge in [-0.1, -0.05) is 0 Å². The first-order chi connectivity index (χ1) is 11.3. The molecule has 0 aromatic carbocycles. The fourth-order valence-corrected chi connectivity index (χ4v) is 3.04. The maximum Gasteiger partial charge on any atom is 0.216 e. The van der Waals surface area contributed by atoms with Crippen molar-refractivity contribution in [2.45, 2.75) is 51.5 Å². The Balaban J connectivity index is 1.71. The normalized spacial score (nSPS) is 18.8. The lowest BCUT2D eigenvalue weighted by atomic mass is 9.92. The van der Waals surface area contributed by atoms with Crippen molar-refractivity contribution < 1.29 is 14.9 Å². The fourth-order valence-electron chi connectivity index (χ4n) is 3.04. The lowest BCUT2D eigenvalue weighted by molar-refractivity contribution is -0.242. The SMILES string of the molecule is CC(C)(C)OC(O)N1CCC(c2ncnc3cc(O)cnc23)CC1. The van der Waals surface area contributed by atoms with E-state index in [9.17, 15) is 10.2 Å². The molecule has 2 aromatic rings. The molecule has 1 unspecified atom stereocenters. The predicted octanol–water partition coefficient (Wildman–Crippen LogP) is 2.00. The topological polar surface area (TPSA) is 91.6 Å². The zero-order chi connectivity index (χ0) is 17.3. The molecule has 1 saturated heterocycles. The third kappa shape index (κ3) is 3.80. The third-order valence-electron chi connectivity index (χ3n) is 4.18. The number of hydrogen-bond donors (Lipinski definition) is 2. The number of rotatable bonds is 3. The molecule has 1 fully saturated rings. The van der Waals surface area contributed by atoms with E-state index < -0.39 is 6.41 Å². The molecule has 7 nitrogen and oxygen atoms in total. The van der Waals surface area contributed by atoms with Crippen LogP contribution in [0.2, 0.25) is 0 Å². The molecule has 1 atom stereocenters. The van der Waals surface area contributed by atoms with Gasteiger partial charge >= 0.3 is 0 Å². The Kier molecular flexibility index (Phi) is 4.67. The molecule has 2 aromatic heterocycles. The van der Waals surface area contributed by atoms with Crippen LogP contribution in [0.25, 0.3) is 11.0 Å². The van der Waals surface area contributed by atoms with E-state index in [0.29, 0.717) is 5.52 Å². The van der Waals surface area contributed by atoms with Crippen molar-refractivity contribution in [1.29, 1.82) is 0 Å². The molecule has 7 heteroatoms. The monoisotopic (exact) mass is 332 g/mol. The van der Waals surface area contributed by atoms with Gasteiger partial charge in [0.1, 0.15) is 17.6 Å². The minimum absolute atomic E-state index is 0.101. The number of aromatic hydroxyl groups is 1. The standard InChI is InChI=1S/C17H24N4O3/c1-17(2,3)24-16(23)21-6-4-11(5-7-21)14-15-13(19-10-20-14)8-12(22)9-18-15/h8-11,16,22-23H,4-7H2,1-3H3. The molecule has 0 saturated carbocycles. The number of pyridine rings is 1. The van der Waals surface area contributed by atoms with Crippen LogP contribution in [0.3, 0.4) is 0 Å². The van der Waals surface area contributed by atoms with E-state index in [0.717, 1.165) is 37.1 Å². The predicted molar refractivity (Wildman–Crippen MR) is 89.4 cm³/mol. The minimum atomic E-state index is -0.886. The van der Waals surface area contributed by atoms with E-state index in [1.54, 1.807) is 6.07 Å². The number of piperidine rings is 1. The van der Waals surface area contributed by atoms with Crippen molar-refractivity contribution in [2.75, 3.05) is 13.1 Å². The van der Waals surface area contributed by atoms with E-state index >= 15 is 0 Å². The van der Waals surface area contributed by atoms with Crippen LogP contribution in [0, 0.1) is 0 Å². The summed E-state index contributed by atoms with van der Waals surface area (Å²) in [5.41, 5.74) is 1.91. The minimum Gasteiger partial charge on any atom is -0.506 e. The Hall–Kier alpha value is -1.83. The highest BCUT2D eigenvalue weighted by atomic mass is 16.6. The van der Waals surface area contributed by atoms with Gasteiger partial charge in [0.15, 0.2) is 0 Å². The number of hydrogen-bond acceptors (Lipinski definition) is 7. The number of ether oxygens (including phenoxy) is 1. The average molecular weight is 332 g/mol. The number of aliphatic hydroxyl groups excluding tert-OH is 1. The molecule has 0 radical (unpaired) electrons. The zero-order valence-electron chi connectivity index (χ0n) is 14.3. The highest BCUT2D eigenvalue weighted by Crippen LogP contribution is 2.31. The van der Waals surface area contributed by atoms with Crippen LogP contribution in [-0.4, -0.2) is 55.2 Å². The summed E-state index contributed by atoms with van der Waals surface area (Å²) >= 11 is 0. The largest absolute Gasteiger partial charge is 0.506 e. The number of aromatic nitrogens is 3. The second-order valence-electron chi connectivity index (χ2n) is 7.19. The molecular formula is C17H24N4O3. The van der Waals surface area contributed by atoms with Crippen LogP contribution >= 0.6 is 0 Å². The quantitative estimate of drug-likeness (QED) is 0.831. The van der Waals surface area contributed by atoms with Crippen LogP contribution in [0.15, 0.2) is 18.6 Å². The van der Waals surface area contributed by atoms with E-state index in [1.165, 1.54) is 12.5 Å². The molecule has 0 amide bonds. The molecule has 0 bridgehead atoms. The smallest absolute Gasteiger partial charge is 0.216 e. The van der Waals surface area contributed by atoms with Crippen molar-refractivity contribution in [3.63, 3.8) is 0 Å². The van der Waals surface area contributed by atoms with Crippen molar-refractivity contribution in [3.8, 4) is 5.75 Å². The summed E-state index contributed by atoms with van der Waals surface area (Å²) in [7, 11) is 0. The highest BCUT2D eigenvalue weighted by Gasteiger charge is 2.29. The summed E-state index contributed by atoms with van der Waals surface area (Å²) in [5, 5.41) is 19.8.